The zero-order valence-electron chi connectivity index (χ0n) is 16.0. The summed E-state index contributed by atoms with van der Waals surface area (Å²) in [7, 11) is 0. The van der Waals surface area contributed by atoms with Crippen LogP contribution < -0.4 is 4.74 Å². The first kappa shape index (κ1) is 15.6. The van der Waals surface area contributed by atoms with Gasteiger partial charge in [-0.2, -0.15) is 0 Å². The van der Waals surface area contributed by atoms with Gasteiger partial charge >= 0.3 is 5.97 Å². The molecule has 6 bridgehead atoms. The summed E-state index contributed by atoms with van der Waals surface area (Å²) < 4.78 is 5.92. The molecule has 1 aromatic carbocycles. The summed E-state index contributed by atoms with van der Waals surface area (Å²) in [5.74, 6) is 10.00. The molecule has 7 fully saturated rings. The molecule has 9 atom stereocenters. The molecule has 2 nitrogen and oxygen atoms in total. The fraction of sp³-hybridized carbons (Fsp3) is 0.720. The van der Waals surface area contributed by atoms with Gasteiger partial charge in [-0.05, 0) is 116 Å². The summed E-state index contributed by atoms with van der Waals surface area (Å²) in [4.78, 5) is 13.3. The zero-order valence-corrected chi connectivity index (χ0v) is 16.0. The molecule has 8 rings (SSSR count). The predicted molar refractivity (Wildman–Crippen MR) is 103 cm³/mol. The SMILES string of the molecule is O=C(Oc1ccccc1)C1CC2C3C4CCC(C4)C3C1C1C3CCC(C3)C21. The molecule has 0 aromatic heterocycles. The monoisotopic (exact) mass is 362 g/mol. The second-order valence-corrected chi connectivity index (χ2v) is 10.8. The van der Waals surface area contributed by atoms with Gasteiger partial charge in [0.2, 0.25) is 0 Å². The number of carbonyl (C=O) groups is 1. The number of carbonyl (C=O) groups excluding carboxylic acids is 1. The van der Waals surface area contributed by atoms with Crippen molar-refractivity contribution in [1.82, 2.24) is 0 Å². The highest BCUT2D eigenvalue weighted by atomic mass is 16.5. The van der Waals surface area contributed by atoms with Crippen LogP contribution in [0.15, 0.2) is 30.3 Å². The fourth-order valence-corrected chi connectivity index (χ4v) is 9.92. The lowest BCUT2D eigenvalue weighted by Crippen LogP contribution is -2.59. The highest BCUT2D eigenvalue weighted by Crippen LogP contribution is 2.75. The number of fused-ring (bicyclic) bond motifs is 5. The summed E-state index contributed by atoms with van der Waals surface area (Å²) in [6.45, 7) is 0. The van der Waals surface area contributed by atoms with Crippen LogP contribution in [0.1, 0.15) is 44.9 Å². The van der Waals surface area contributed by atoms with Crippen molar-refractivity contribution in [3.05, 3.63) is 30.3 Å². The molecule has 1 aromatic rings. The van der Waals surface area contributed by atoms with Gasteiger partial charge in [0.05, 0.1) is 5.92 Å². The van der Waals surface area contributed by atoms with Crippen LogP contribution in [-0.4, -0.2) is 5.97 Å². The minimum Gasteiger partial charge on any atom is -0.426 e. The fourth-order valence-electron chi connectivity index (χ4n) is 9.92. The van der Waals surface area contributed by atoms with E-state index < -0.39 is 0 Å². The van der Waals surface area contributed by atoms with Crippen molar-refractivity contribution in [3.8, 4) is 5.75 Å². The standard InChI is InChI=1S/C25H30O2/c26-25(27-17-4-2-1-3-5-17)19-12-18-20-13-6-8-15(10-13)22(20)24(19)23-16-9-7-14(11-16)21(18)23/h1-5,13-16,18-24H,6-12H2. The molecule has 0 spiro atoms. The maximum absolute atomic E-state index is 13.3. The summed E-state index contributed by atoms with van der Waals surface area (Å²) >= 11 is 0. The quantitative estimate of drug-likeness (QED) is 0.535. The van der Waals surface area contributed by atoms with E-state index >= 15 is 0 Å². The van der Waals surface area contributed by atoms with E-state index in [0.29, 0.717) is 5.92 Å². The van der Waals surface area contributed by atoms with Gasteiger partial charge in [-0.3, -0.25) is 4.79 Å². The van der Waals surface area contributed by atoms with Crippen LogP contribution in [0.25, 0.3) is 0 Å². The van der Waals surface area contributed by atoms with Crippen LogP contribution in [0.3, 0.4) is 0 Å². The number of rotatable bonds is 2. The third kappa shape index (κ3) is 1.95. The van der Waals surface area contributed by atoms with Crippen molar-refractivity contribution in [2.45, 2.75) is 44.9 Å². The molecule has 0 saturated heterocycles. The maximum atomic E-state index is 13.3. The lowest BCUT2D eigenvalue weighted by molar-refractivity contribution is -0.175. The Hall–Kier alpha value is -1.31. The number of hydrogen-bond acceptors (Lipinski definition) is 2. The summed E-state index contributed by atoms with van der Waals surface area (Å²) in [5.41, 5.74) is 0. The Bertz CT molecular complexity index is 738. The van der Waals surface area contributed by atoms with E-state index in [1.807, 2.05) is 30.3 Å². The molecular weight excluding hydrogens is 332 g/mol. The van der Waals surface area contributed by atoms with Crippen molar-refractivity contribution >= 4 is 5.97 Å². The summed E-state index contributed by atoms with van der Waals surface area (Å²) in [5, 5.41) is 0. The number of ether oxygens (including phenoxy) is 1. The Labute approximate surface area is 162 Å². The van der Waals surface area contributed by atoms with Gasteiger partial charge in [0, 0.05) is 0 Å². The van der Waals surface area contributed by atoms with Gasteiger partial charge in [0.25, 0.3) is 0 Å². The molecule has 7 aliphatic rings. The van der Waals surface area contributed by atoms with Crippen molar-refractivity contribution in [2.24, 2.45) is 65.1 Å². The third-order valence-corrected chi connectivity index (χ3v) is 10.2. The van der Waals surface area contributed by atoms with E-state index in [9.17, 15) is 4.79 Å². The summed E-state index contributed by atoms with van der Waals surface area (Å²) in [6, 6.07) is 9.78. The van der Waals surface area contributed by atoms with E-state index in [0.717, 1.165) is 65.4 Å². The molecule has 7 aliphatic carbocycles. The number of esters is 1. The molecule has 9 unspecified atom stereocenters. The first-order valence-corrected chi connectivity index (χ1v) is 11.6. The third-order valence-electron chi connectivity index (χ3n) is 10.2. The molecule has 142 valence electrons. The first-order chi connectivity index (χ1) is 13.3. The van der Waals surface area contributed by atoms with E-state index in [2.05, 4.69) is 0 Å². The van der Waals surface area contributed by atoms with E-state index in [1.165, 1.54) is 38.5 Å². The molecule has 0 aliphatic heterocycles. The normalized spacial score (nSPS) is 53.4. The van der Waals surface area contributed by atoms with Gasteiger partial charge in [-0.25, -0.2) is 0 Å². The van der Waals surface area contributed by atoms with Crippen LogP contribution in [0, 0.1) is 65.1 Å². The second-order valence-electron chi connectivity index (χ2n) is 10.8. The van der Waals surface area contributed by atoms with Crippen molar-refractivity contribution in [1.29, 1.82) is 0 Å². The minimum atomic E-state index is 0.0960. The molecule has 2 heteroatoms. The summed E-state index contributed by atoms with van der Waals surface area (Å²) in [6.07, 6.45) is 9.97. The average Bonchev–Trinajstić information content (AvgIpc) is 3.49. The Kier molecular flexibility index (Phi) is 3.11. The van der Waals surface area contributed by atoms with Crippen molar-refractivity contribution in [3.63, 3.8) is 0 Å². The average molecular weight is 363 g/mol. The number of benzene rings is 1. The van der Waals surface area contributed by atoms with Crippen molar-refractivity contribution in [2.75, 3.05) is 0 Å². The second kappa shape index (κ2) is 5.39. The molecule has 0 N–H and O–H groups in total. The first-order valence-electron chi connectivity index (χ1n) is 11.6. The Morgan fingerprint density at radius 3 is 1.85 bits per heavy atom. The Morgan fingerprint density at radius 2 is 1.26 bits per heavy atom. The van der Waals surface area contributed by atoms with Gasteiger partial charge in [0.1, 0.15) is 5.75 Å². The number of hydrogen-bond donors (Lipinski definition) is 0. The molecule has 0 radical (unpaired) electrons. The highest BCUT2D eigenvalue weighted by Gasteiger charge is 2.70. The topological polar surface area (TPSA) is 26.3 Å². The van der Waals surface area contributed by atoms with Crippen LogP contribution in [-0.2, 0) is 4.79 Å². The molecule has 7 saturated carbocycles. The predicted octanol–water partition coefficient (Wildman–Crippen LogP) is 5.18. The Morgan fingerprint density at radius 1 is 0.704 bits per heavy atom. The van der Waals surface area contributed by atoms with Gasteiger partial charge in [-0.15, -0.1) is 0 Å². The highest BCUT2D eigenvalue weighted by molar-refractivity contribution is 5.76. The van der Waals surface area contributed by atoms with Crippen LogP contribution in [0.2, 0.25) is 0 Å². The minimum absolute atomic E-state index is 0.0960. The van der Waals surface area contributed by atoms with Crippen molar-refractivity contribution < 1.29 is 9.53 Å². The number of para-hydroxylation sites is 1. The van der Waals surface area contributed by atoms with Crippen LogP contribution >= 0.6 is 0 Å². The van der Waals surface area contributed by atoms with E-state index in [4.69, 9.17) is 4.74 Å². The van der Waals surface area contributed by atoms with Gasteiger partial charge < -0.3 is 4.74 Å². The van der Waals surface area contributed by atoms with Gasteiger partial charge in [-0.1, -0.05) is 18.2 Å². The molecule has 27 heavy (non-hydrogen) atoms. The van der Waals surface area contributed by atoms with Gasteiger partial charge in [0.15, 0.2) is 0 Å². The van der Waals surface area contributed by atoms with E-state index in [1.54, 1.807) is 0 Å². The van der Waals surface area contributed by atoms with E-state index in [-0.39, 0.29) is 11.9 Å². The smallest absolute Gasteiger partial charge is 0.314 e. The zero-order chi connectivity index (χ0) is 17.7. The molecular formula is C25H30O2. The lowest BCUT2D eigenvalue weighted by atomic mass is 9.42. The Balaban J connectivity index is 1.26. The maximum Gasteiger partial charge on any atom is 0.314 e. The molecule has 0 amide bonds. The van der Waals surface area contributed by atoms with Crippen LogP contribution in [0.4, 0.5) is 0 Å². The largest absolute Gasteiger partial charge is 0.426 e. The molecule has 0 heterocycles. The lowest BCUT2D eigenvalue weighted by Gasteiger charge is -2.62. The van der Waals surface area contributed by atoms with Crippen LogP contribution in [0.5, 0.6) is 5.75 Å².